The van der Waals surface area contributed by atoms with Crippen LogP contribution in [0.2, 0.25) is 0 Å². The first-order chi connectivity index (χ1) is 10.1. The number of aromatic nitrogens is 1. The van der Waals surface area contributed by atoms with Gasteiger partial charge in [-0.3, -0.25) is 9.78 Å². The first-order valence-electron chi connectivity index (χ1n) is 6.63. The highest BCUT2D eigenvalue weighted by Crippen LogP contribution is 2.18. The molecule has 1 aromatic heterocycles. The van der Waals surface area contributed by atoms with Crippen LogP contribution < -0.4 is 11.1 Å². The molecular formula is C17H17N3O. The summed E-state index contributed by atoms with van der Waals surface area (Å²) in [4.78, 5) is 16.3. The minimum absolute atomic E-state index is 0.201. The maximum Gasteiger partial charge on any atom is 0.257 e. The quantitative estimate of drug-likeness (QED) is 0.829. The van der Waals surface area contributed by atoms with Crippen molar-refractivity contribution in [3.8, 4) is 11.8 Å². The summed E-state index contributed by atoms with van der Waals surface area (Å²) in [7, 11) is 0. The molecule has 21 heavy (non-hydrogen) atoms. The lowest BCUT2D eigenvalue weighted by molar-refractivity contribution is 0.102. The fourth-order valence-electron chi connectivity index (χ4n) is 1.87. The van der Waals surface area contributed by atoms with Crippen LogP contribution in [0, 0.1) is 25.7 Å². The van der Waals surface area contributed by atoms with Crippen molar-refractivity contribution in [2.24, 2.45) is 5.73 Å². The van der Waals surface area contributed by atoms with Crippen molar-refractivity contribution < 1.29 is 4.79 Å². The Balaban J connectivity index is 2.22. The van der Waals surface area contributed by atoms with Crippen molar-refractivity contribution >= 4 is 11.6 Å². The lowest BCUT2D eigenvalue weighted by atomic mass is 10.1. The number of hydrogen-bond donors (Lipinski definition) is 2. The number of nitrogens with one attached hydrogen (secondary N) is 1. The fourth-order valence-corrected chi connectivity index (χ4v) is 1.87. The van der Waals surface area contributed by atoms with Crippen LogP contribution in [0.5, 0.6) is 0 Å². The van der Waals surface area contributed by atoms with Gasteiger partial charge in [0.05, 0.1) is 12.1 Å². The van der Waals surface area contributed by atoms with Gasteiger partial charge in [0, 0.05) is 23.6 Å². The van der Waals surface area contributed by atoms with Crippen LogP contribution in [0.4, 0.5) is 5.69 Å². The van der Waals surface area contributed by atoms with Gasteiger partial charge in [0.15, 0.2) is 0 Å². The van der Waals surface area contributed by atoms with E-state index in [0.29, 0.717) is 11.1 Å². The highest BCUT2D eigenvalue weighted by Gasteiger charge is 2.09. The number of nitrogens with two attached hydrogens (primary N) is 1. The van der Waals surface area contributed by atoms with E-state index in [-0.39, 0.29) is 12.5 Å². The monoisotopic (exact) mass is 279 g/mol. The molecule has 106 valence electrons. The number of anilines is 1. The van der Waals surface area contributed by atoms with E-state index >= 15 is 0 Å². The average Bonchev–Trinajstić information content (AvgIpc) is 2.50. The van der Waals surface area contributed by atoms with E-state index in [1.165, 1.54) is 6.20 Å². The van der Waals surface area contributed by atoms with E-state index in [1.54, 1.807) is 12.3 Å². The lowest BCUT2D eigenvalue weighted by Crippen LogP contribution is -2.13. The summed E-state index contributed by atoms with van der Waals surface area (Å²) in [6.07, 6.45) is 3.13. The topological polar surface area (TPSA) is 68.0 Å². The van der Waals surface area contributed by atoms with E-state index in [1.807, 2.05) is 32.0 Å². The molecule has 0 spiro atoms. The number of rotatable bonds is 2. The number of carbonyl (C=O) groups excluding carboxylic acids is 1. The first kappa shape index (κ1) is 14.8. The van der Waals surface area contributed by atoms with Gasteiger partial charge in [-0.2, -0.15) is 0 Å². The molecule has 0 saturated heterocycles. The van der Waals surface area contributed by atoms with Crippen LogP contribution in [0.25, 0.3) is 0 Å². The summed E-state index contributed by atoms with van der Waals surface area (Å²) in [5.41, 5.74) is 9.47. The van der Waals surface area contributed by atoms with E-state index < -0.39 is 0 Å². The van der Waals surface area contributed by atoms with Crippen molar-refractivity contribution in [1.29, 1.82) is 0 Å². The fraction of sp³-hybridized carbons (Fsp3) is 0.176. The molecule has 1 aromatic carbocycles. The molecule has 0 fully saturated rings. The highest BCUT2D eigenvalue weighted by atomic mass is 16.1. The van der Waals surface area contributed by atoms with Crippen molar-refractivity contribution in [3.05, 3.63) is 58.9 Å². The van der Waals surface area contributed by atoms with Crippen LogP contribution in [0.15, 0.2) is 36.7 Å². The number of benzene rings is 1. The standard InChI is InChI=1S/C17H17N3O/c1-12-5-3-7-16(13(12)2)20-17(21)15-9-14(6-4-8-18)10-19-11-15/h3,5,7,9-11H,8,18H2,1-2H3,(H,20,21). The Bertz CT molecular complexity index is 726. The van der Waals surface area contributed by atoms with Gasteiger partial charge in [0.25, 0.3) is 5.91 Å². The van der Waals surface area contributed by atoms with E-state index in [9.17, 15) is 4.79 Å². The molecule has 1 amide bonds. The Morgan fingerprint density at radius 2 is 2.14 bits per heavy atom. The Kier molecular flexibility index (Phi) is 4.70. The van der Waals surface area contributed by atoms with Gasteiger partial charge in [-0.15, -0.1) is 0 Å². The number of hydrogen-bond acceptors (Lipinski definition) is 3. The number of amides is 1. The second kappa shape index (κ2) is 6.69. The lowest BCUT2D eigenvalue weighted by Gasteiger charge is -2.10. The van der Waals surface area contributed by atoms with Crippen molar-refractivity contribution in [2.45, 2.75) is 13.8 Å². The number of nitrogens with zero attached hydrogens (tertiary/aromatic N) is 1. The molecule has 4 nitrogen and oxygen atoms in total. The molecule has 4 heteroatoms. The molecule has 3 N–H and O–H groups in total. The predicted octanol–water partition coefficient (Wildman–Crippen LogP) is 2.26. The smallest absolute Gasteiger partial charge is 0.257 e. The summed E-state index contributed by atoms with van der Waals surface area (Å²) in [5.74, 6) is 5.41. The Hall–Kier alpha value is -2.64. The predicted molar refractivity (Wildman–Crippen MR) is 84.0 cm³/mol. The van der Waals surface area contributed by atoms with Gasteiger partial charge in [-0.1, -0.05) is 24.0 Å². The van der Waals surface area contributed by atoms with Crippen LogP contribution in [-0.2, 0) is 0 Å². The number of carbonyl (C=O) groups is 1. The average molecular weight is 279 g/mol. The van der Waals surface area contributed by atoms with Crippen LogP contribution in [0.3, 0.4) is 0 Å². The van der Waals surface area contributed by atoms with Crippen LogP contribution in [0.1, 0.15) is 27.0 Å². The Morgan fingerprint density at radius 1 is 1.33 bits per heavy atom. The van der Waals surface area contributed by atoms with Crippen molar-refractivity contribution in [2.75, 3.05) is 11.9 Å². The Labute approximate surface area is 124 Å². The zero-order valence-electron chi connectivity index (χ0n) is 12.1. The zero-order chi connectivity index (χ0) is 15.2. The normalized spacial score (nSPS) is 9.67. The largest absolute Gasteiger partial charge is 0.322 e. The summed E-state index contributed by atoms with van der Waals surface area (Å²) in [5, 5.41) is 2.90. The molecule has 0 aliphatic heterocycles. The van der Waals surface area contributed by atoms with Gasteiger partial charge in [0.2, 0.25) is 0 Å². The molecule has 0 radical (unpaired) electrons. The van der Waals surface area contributed by atoms with Crippen LogP contribution >= 0.6 is 0 Å². The van der Waals surface area contributed by atoms with E-state index in [4.69, 9.17) is 5.73 Å². The van der Waals surface area contributed by atoms with Crippen molar-refractivity contribution in [1.82, 2.24) is 4.98 Å². The molecule has 0 bridgehead atoms. The van der Waals surface area contributed by atoms with Gasteiger partial charge in [-0.25, -0.2) is 0 Å². The summed E-state index contributed by atoms with van der Waals surface area (Å²) < 4.78 is 0. The highest BCUT2D eigenvalue weighted by molar-refractivity contribution is 6.04. The van der Waals surface area contributed by atoms with Crippen LogP contribution in [-0.4, -0.2) is 17.4 Å². The Morgan fingerprint density at radius 3 is 2.90 bits per heavy atom. The van der Waals surface area contributed by atoms with Gasteiger partial charge < -0.3 is 11.1 Å². The van der Waals surface area contributed by atoms with Crippen molar-refractivity contribution in [3.63, 3.8) is 0 Å². The first-order valence-corrected chi connectivity index (χ1v) is 6.63. The molecule has 0 aliphatic rings. The summed E-state index contributed by atoms with van der Waals surface area (Å²) >= 11 is 0. The molecule has 2 aromatic rings. The second-order valence-electron chi connectivity index (χ2n) is 4.67. The molecule has 1 heterocycles. The summed E-state index contributed by atoms with van der Waals surface area (Å²) in [6.45, 7) is 4.26. The third-order valence-corrected chi connectivity index (χ3v) is 3.19. The second-order valence-corrected chi connectivity index (χ2v) is 4.67. The summed E-state index contributed by atoms with van der Waals surface area (Å²) in [6, 6.07) is 7.51. The third-order valence-electron chi connectivity index (χ3n) is 3.19. The molecule has 2 rings (SSSR count). The van der Waals surface area contributed by atoms with Gasteiger partial charge >= 0.3 is 0 Å². The molecule has 0 unspecified atom stereocenters. The molecule has 0 saturated carbocycles. The van der Waals surface area contributed by atoms with Gasteiger partial charge in [0.1, 0.15) is 0 Å². The number of aryl methyl sites for hydroxylation is 1. The van der Waals surface area contributed by atoms with E-state index in [2.05, 4.69) is 22.1 Å². The van der Waals surface area contributed by atoms with Gasteiger partial charge in [-0.05, 0) is 37.1 Å². The SMILES string of the molecule is Cc1cccc(NC(=O)c2cncc(C#CCN)c2)c1C. The zero-order valence-corrected chi connectivity index (χ0v) is 12.1. The molecule has 0 aliphatic carbocycles. The number of pyridine rings is 1. The molecular weight excluding hydrogens is 262 g/mol. The minimum atomic E-state index is -0.201. The maximum atomic E-state index is 12.3. The minimum Gasteiger partial charge on any atom is -0.322 e. The maximum absolute atomic E-state index is 12.3. The van der Waals surface area contributed by atoms with E-state index in [0.717, 1.165) is 16.8 Å². The third kappa shape index (κ3) is 3.68. The molecule has 0 atom stereocenters.